The van der Waals surface area contributed by atoms with E-state index in [1.807, 2.05) is 63.2 Å². The lowest BCUT2D eigenvalue weighted by Crippen LogP contribution is -2.27. The number of hydrogen-bond donors (Lipinski definition) is 2. The highest BCUT2D eigenvalue weighted by Crippen LogP contribution is 2.29. The summed E-state index contributed by atoms with van der Waals surface area (Å²) in [6.07, 6.45) is 0.787. The molecule has 5 nitrogen and oxygen atoms in total. The molecule has 0 unspecified atom stereocenters. The van der Waals surface area contributed by atoms with Crippen LogP contribution in [-0.2, 0) is 11.2 Å². The van der Waals surface area contributed by atoms with Gasteiger partial charge in [0.2, 0.25) is 5.91 Å². The highest BCUT2D eigenvalue weighted by atomic mass is 16.2. The molecule has 0 atom stereocenters. The van der Waals surface area contributed by atoms with E-state index in [4.69, 9.17) is 4.99 Å². The second-order valence-electron chi connectivity index (χ2n) is 8.68. The summed E-state index contributed by atoms with van der Waals surface area (Å²) in [6.45, 7) is 5.57. The van der Waals surface area contributed by atoms with E-state index in [9.17, 15) is 9.59 Å². The number of fused-ring (bicyclic) bond motifs is 1. The zero-order chi connectivity index (χ0) is 22.0. The number of nitrogens with zero attached hydrogens (tertiary/aromatic N) is 1. The molecule has 156 valence electrons. The summed E-state index contributed by atoms with van der Waals surface area (Å²) in [5.41, 5.74) is 5.63. The van der Waals surface area contributed by atoms with E-state index < -0.39 is 5.41 Å². The average Bonchev–Trinajstić information content (AvgIpc) is 3.18. The highest BCUT2D eigenvalue weighted by Gasteiger charge is 2.21. The first-order chi connectivity index (χ1) is 14.8. The second kappa shape index (κ2) is 8.19. The Morgan fingerprint density at radius 1 is 0.839 bits per heavy atom. The lowest BCUT2D eigenvalue weighted by molar-refractivity contribution is -0.123. The predicted molar refractivity (Wildman–Crippen MR) is 125 cm³/mol. The third-order valence-electron chi connectivity index (χ3n) is 5.14. The van der Waals surface area contributed by atoms with Crippen LogP contribution in [0.25, 0.3) is 0 Å². The molecule has 2 N–H and O–H groups in total. The van der Waals surface area contributed by atoms with Gasteiger partial charge < -0.3 is 10.6 Å². The molecule has 5 heteroatoms. The Labute approximate surface area is 182 Å². The van der Waals surface area contributed by atoms with Crippen LogP contribution in [0, 0.1) is 5.41 Å². The van der Waals surface area contributed by atoms with Crippen molar-refractivity contribution in [3.63, 3.8) is 0 Å². The maximum atomic E-state index is 12.7. The summed E-state index contributed by atoms with van der Waals surface area (Å²) in [4.78, 5) is 29.5. The molecule has 0 radical (unpaired) electrons. The normalized spacial score (nSPS) is 12.7. The van der Waals surface area contributed by atoms with Crippen LogP contribution in [0.3, 0.4) is 0 Å². The topological polar surface area (TPSA) is 70.6 Å². The van der Waals surface area contributed by atoms with E-state index in [-0.39, 0.29) is 11.8 Å². The van der Waals surface area contributed by atoms with Gasteiger partial charge in [0.05, 0.1) is 11.4 Å². The lowest BCUT2D eigenvalue weighted by Gasteiger charge is -2.17. The molecule has 1 heterocycles. The smallest absolute Gasteiger partial charge is 0.255 e. The summed E-state index contributed by atoms with van der Waals surface area (Å²) in [6, 6.07) is 22.7. The van der Waals surface area contributed by atoms with E-state index in [0.717, 1.165) is 23.4 Å². The molecular weight excluding hydrogens is 386 g/mol. The van der Waals surface area contributed by atoms with Crippen molar-refractivity contribution in [3.8, 4) is 0 Å². The Morgan fingerprint density at radius 3 is 2.29 bits per heavy atom. The van der Waals surface area contributed by atoms with Crippen LogP contribution in [0.5, 0.6) is 0 Å². The Hall–Kier alpha value is -3.73. The van der Waals surface area contributed by atoms with Crippen LogP contribution >= 0.6 is 0 Å². The van der Waals surface area contributed by atoms with Crippen LogP contribution in [0.1, 0.15) is 42.3 Å². The van der Waals surface area contributed by atoms with Gasteiger partial charge in [-0.3, -0.25) is 14.6 Å². The van der Waals surface area contributed by atoms with Gasteiger partial charge in [-0.05, 0) is 53.6 Å². The summed E-state index contributed by atoms with van der Waals surface area (Å²) in [7, 11) is 0. The number of anilines is 2. The number of benzene rings is 3. The monoisotopic (exact) mass is 411 g/mol. The molecule has 0 aliphatic carbocycles. The van der Waals surface area contributed by atoms with Crippen molar-refractivity contribution in [2.24, 2.45) is 10.4 Å². The summed E-state index contributed by atoms with van der Waals surface area (Å²) in [5.74, 6) is -0.277. The number of nitrogens with one attached hydrogen (secondary N) is 2. The fourth-order valence-electron chi connectivity index (χ4n) is 3.30. The van der Waals surface area contributed by atoms with E-state index >= 15 is 0 Å². The number of hydrogen-bond acceptors (Lipinski definition) is 3. The fraction of sp³-hybridized carbons (Fsp3) is 0.192. The van der Waals surface area contributed by atoms with Crippen LogP contribution in [0.2, 0.25) is 0 Å². The summed E-state index contributed by atoms with van der Waals surface area (Å²) >= 11 is 0. The van der Waals surface area contributed by atoms with Gasteiger partial charge in [0.1, 0.15) is 0 Å². The predicted octanol–water partition coefficient (Wildman–Crippen LogP) is 5.60. The van der Waals surface area contributed by atoms with Crippen molar-refractivity contribution < 1.29 is 9.59 Å². The first-order valence-corrected chi connectivity index (χ1v) is 10.3. The minimum atomic E-state index is -0.480. The Balaban J connectivity index is 1.44. The zero-order valence-corrected chi connectivity index (χ0v) is 17.9. The van der Waals surface area contributed by atoms with Gasteiger partial charge in [-0.2, -0.15) is 0 Å². The Morgan fingerprint density at radius 2 is 1.58 bits per heavy atom. The van der Waals surface area contributed by atoms with Crippen LogP contribution in [0.15, 0.2) is 77.8 Å². The van der Waals surface area contributed by atoms with E-state index in [0.29, 0.717) is 16.9 Å². The minimum absolute atomic E-state index is 0.0708. The molecule has 31 heavy (non-hydrogen) atoms. The van der Waals surface area contributed by atoms with Gasteiger partial charge in [0.15, 0.2) is 0 Å². The zero-order valence-electron chi connectivity index (χ0n) is 17.9. The third kappa shape index (κ3) is 4.72. The molecule has 0 fully saturated rings. The van der Waals surface area contributed by atoms with Gasteiger partial charge >= 0.3 is 0 Å². The molecule has 1 aliphatic heterocycles. The molecule has 3 aromatic rings. The van der Waals surface area contributed by atoms with Crippen molar-refractivity contribution in [1.82, 2.24) is 0 Å². The largest absolute Gasteiger partial charge is 0.326 e. The molecule has 0 aromatic heterocycles. The average molecular weight is 412 g/mol. The standard InChI is InChI=1S/C26H25N3O2/c1-26(2,3)25(31)28-20-13-11-17(12-14-20)24(30)27-21-9-6-8-18(15-21)23-16-19-7-4-5-10-22(19)29-23/h4-15H,16H2,1-3H3,(H,27,30)(H,28,31). The molecule has 0 bridgehead atoms. The van der Waals surface area contributed by atoms with Crippen molar-refractivity contribution in [2.45, 2.75) is 27.2 Å². The van der Waals surface area contributed by atoms with Crippen LogP contribution in [-0.4, -0.2) is 17.5 Å². The van der Waals surface area contributed by atoms with Crippen molar-refractivity contribution in [3.05, 3.63) is 89.5 Å². The molecule has 4 rings (SSSR count). The number of rotatable bonds is 4. The first-order valence-electron chi connectivity index (χ1n) is 10.3. The number of carbonyl (C=O) groups is 2. The second-order valence-corrected chi connectivity index (χ2v) is 8.68. The minimum Gasteiger partial charge on any atom is -0.326 e. The molecule has 2 amide bonds. The lowest BCUT2D eigenvalue weighted by atomic mass is 9.95. The SMILES string of the molecule is CC(C)(C)C(=O)Nc1ccc(C(=O)Nc2cccc(C3=Nc4ccccc4C3)c2)cc1. The molecule has 0 spiro atoms. The number of amides is 2. The molecule has 0 saturated heterocycles. The van der Waals surface area contributed by atoms with Crippen LogP contribution < -0.4 is 10.6 Å². The molecule has 0 saturated carbocycles. The summed E-state index contributed by atoms with van der Waals surface area (Å²) < 4.78 is 0. The van der Waals surface area contributed by atoms with E-state index in [2.05, 4.69) is 16.7 Å². The van der Waals surface area contributed by atoms with Crippen molar-refractivity contribution in [1.29, 1.82) is 0 Å². The summed E-state index contributed by atoms with van der Waals surface area (Å²) in [5, 5.41) is 5.81. The van der Waals surface area contributed by atoms with E-state index in [1.165, 1.54) is 5.56 Å². The van der Waals surface area contributed by atoms with Crippen molar-refractivity contribution in [2.75, 3.05) is 10.6 Å². The maximum Gasteiger partial charge on any atom is 0.255 e. The number of carbonyl (C=O) groups excluding carboxylic acids is 2. The van der Waals surface area contributed by atoms with Gasteiger partial charge in [-0.25, -0.2) is 0 Å². The van der Waals surface area contributed by atoms with Crippen LogP contribution in [0.4, 0.5) is 17.1 Å². The molecule has 1 aliphatic rings. The maximum absolute atomic E-state index is 12.7. The van der Waals surface area contributed by atoms with Gasteiger partial charge in [0.25, 0.3) is 5.91 Å². The highest BCUT2D eigenvalue weighted by molar-refractivity contribution is 6.08. The quantitative estimate of drug-likeness (QED) is 0.587. The van der Waals surface area contributed by atoms with E-state index in [1.54, 1.807) is 24.3 Å². The first kappa shape index (κ1) is 20.5. The fourth-order valence-corrected chi connectivity index (χ4v) is 3.30. The molecular formula is C26H25N3O2. The molecule has 3 aromatic carbocycles. The Kier molecular flexibility index (Phi) is 5.42. The number of para-hydroxylation sites is 1. The van der Waals surface area contributed by atoms with Gasteiger partial charge in [-0.1, -0.05) is 51.1 Å². The van der Waals surface area contributed by atoms with Crippen molar-refractivity contribution >= 4 is 34.6 Å². The number of aliphatic imine (C=N–C) groups is 1. The third-order valence-corrected chi connectivity index (χ3v) is 5.14. The Bertz CT molecular complexity index is 1170. The van der Waals surface area contributed by atoms with Gasteiger partial charge in [-0.15, -0.1) is 0 Å². The van der Waals surface area contributed by atoms with Gasteiger partial charge in [0, 0.05) is 28.8 Å².